The van der Waals surface area contributed by atoms with Crippen LogP contribution in [0.25, 0.3) is 21.6 Å². The number of likely N-dealkylation sites (tertiary alicyclic amines) is 2. The summed E-state index contributed by atoms with van der Waals surface area (Å²) in [6, 6.07) is 20.1. The average molecular weight is 1160 g/mol. The largest absolute Gasteiger partial charge is 0.489 e. The van der Waals surface area contributed by atoms with Gasteiger partial charge in [-0.05, 0) is 91.7 Å². The van der Waals surface area contributed by atoms with Crippen molar-refractivity contribution < 1.29 is 57.4 Å². The molecule has 2 fully saturated rings. The number of piperidine rings is 1. The van der Waals surface area contributed by atoms with E-state index in [4.69, 9.17) is 50.5 Å². The summed E-state index contributed by atoms with van der Waals surface area (Å²) in [5.74, 6) is 8.38. The minimum atomic E-state index is -0.508. The zero-order chi connectivity index (χ0) is 59.3. The van der Waals surface area contributed by atoms with Gasteiger partial charge in [0.25, 0.3) is 0 Å². The van der Waals surface area contributed by atoms with Gasteiger partial charge in [0, 0.05) is 63.2 Å². The van der Waals surface area contributed by atoms with Gasteiger partial charge in [0.05, 0.1) is 93.8 Å². The first-order valence-electron chi connectivity index (χ1n) is 28.2. The van der Waals surface area contributed by atoms with Crippen molar-refractivity contribution in [2.45, 2.75) is 85.9 Å². The van der Waals surface area contributed by atoms with Gasteiger partial charge in [-0.1, -0.05) is 64.1 Å². The maximum Gasteiger partial charge on any atom is 0.243 e. The van der Waals surface area contributed by atoms with E-state index in [0.717, 1.165) is 66.2 Å². The third-order valence-electron chi connectivity index (χ3n) is 13.3. The van der Waals surface area contributed by atoms with Crippen molar-refractivity contribution in [1.82, 2.24) is 30.0 Å². The number of ether oxygens (including phenoxy) is 7. The van der Waals surface area contributed by atoms with Crippen LogP contribution in [0.5, 0.6) is 17.2 Å². The fourth-order valence-corrected chi connectivity index (χ4v) is 9.90. The van der Waals surface area contributed by atoms with E-state index in [0.29, 0.717) is 135 Å². The molecule has 0 aliphatic carbocycles. The van der Waals surface area contributed by atoms with Crippen LogP contribution in [0.1, 0.15) is 76.6 Å². The number of primary amides is 1. The molecule has 8 N–H and O–H groups in total. The molecule has 1 aromatic heterocycles. The summed E-state index contributed by atoms with van der Waals surface area (Å²) in [5, 5.41) is 13.4. The van der Waals surface area contributed by atoms with Crippen LogP contribution in [0.2, 0.25) is 0 Å². The monoisotopic (exact) mass is 1160 g/mol. The first-order valence-corrected chi connectivity index (χ1v) is 29.1. The highest BCUT2D eigenvalue weighted by Crippen LogP contribution is 2.40. The van der Waals surface area contributed by atoms with E-state index in [-0.39, 0.29) is 36.5 Å². The molecule has 82 heavy (non-hydrogen) atoms. The number of benzene rings is 3. The van der Waals surface area contributed by atoms with Crippen molar-refractivity contribution in [3.05, 3.63) is 94.9 Å². The molecule has 0 radical (unpaired) electrons. The Hall–Kier alpha value is -6.37. The molecule has 0 spiro atoms. The van der Waals surface area contributed by atoms with Crippen molar-refractivity contribution >= 4 is 35.5 Å². The minimum absolute atomic E-state index is 0.0463. The molecule has 4 heterocycles. The Bertz CT molecular complexity index is 2580. The van der Waals surface area contributed by atoms with E-state index in [1.54, 1.807) is 22.4 Å². The molecule has 2 atom stereocenters. The van der Waals surface area contributed by atoms with Crippen LogP contribution < -0.4 is 36.8 Å². The molecule has 4 amide bonds. The number of aromatic nitrogens is 1. The number of nitrogens with two attached hydrogens (primary N) is 3. The lowest BCUT2D eigenvalue weighted by Gasteiger charge is -2.29. The number of carbonyl (C=O) groups is 4. The topological polar surface area (TPSA) is 269 Å². The minimum Gasteiger partial charge on any atom is -0.489 e. The molecule has 7 rings (SSSR count). The van der Waals surface area contributed by atoms with E-state index in [2.05, 4.69) is 61.2 Å². The number of hydrogen-bond acceptors (Lipinski definition) is 18. The number of nitrogens with one attached hydrogen (secondary N) is 1. The normalized spacial score (nSPS) is 16.3. The molecular formula is C60H89N9O12S. The maximum absolute atomic E-state index is 12.7. The van der Waals surface area contributed by atoms with Gasteiger partial charge in [0.15, 0.2) is 11.5 Å². The van der Waals surface area contributed by atoms with Crippen LogP contribution >= 0.6 is 11.3 Å². The van der Waals surface area contributed by atoms with Gasteiger partial charge in [-0.2, -0.15) is 0 Å². The highest BCUT2D eigenvalue weighted by atomic mass is 32.1. The van der Waals surface area contributed by atoms with Gasteiger partial charge in [0.2, 0.25) is 24.1 Å². The summed E-state index contributed by atoms with van der Waals surface area (Å²) >= 11 is 1.64. The predicted molar refractivity (Wildman–Crippen MR) is 316 cm³/mol. The number of aliphatic hydroxyl groups is 1. The van der Waals surface area contributed by atoms with Crippen molar-refractivity contribution in [1.29, 1.82) is 0 Å². The van der Waals surface area contributed by atoms with Crippen LogP contribution in [0.3, 0.4) is 0 Å². The number of carbonyl (C=O) groups excluding carboxylic acids is 4. The van der Waals surface area contributed by atoms with Crippen LogP contribution in [-0.2, 0) is 51.2 Å². The molecule has 2 unspecified atom stereocenters. The Morgan fingerprint density at radius 3 is 2.13 bits per heavy atom. The van der Waals surface area contributed by atoms with Crippen LogP contribution in [-0.4, -0.2) is 179 Å². The van der Waals surface area contributed by atoms with E-state index in [1.807, 2.05) is 66.7 Å². The highest BCUT2D eigenvalue weighted by Gasteiger charge is 2.28. The summed E-state index contributed by atoms with van der Waals surface area (Å²) in [6.45, 7) is 19.2. The average Bonchev–Trinajstić information content (AvgIpc) is 4.09. The molecule has 2 saturated heterocycles. The number of nitrogens with zero attached hydrogens (tertiary/aromatic N) is 5. The van der Waals surface area contributed by atoms with E-state index >= 15 is 0 Å². The van der Waals surface area contributed by atoms with Gasteiger partial charge in [-0.25, -0.2) is 10.8 Å². The first-order chi connectivity index (χ1) is 39.4. The number of amides is 4. The molecule has 452 valence electrons. The van der Waals surface area contributed by atoms with Gasteiger partial charge in [0.1, 0.15) is 25.6 Å². The Balaban J connectivity index is 0.000000341. The second-order valence-electron chi connectivity index (χ2n) is 21.7. The van der Waals surface area contributed by atoms with Gasteiger partial charge >= 0.3 is 0 Å². The Kier molecular flexibility index (Phi) is 28.8. The zero-order valence-electron chi connectivity index (χ0n) is 48.9. The summed E-state index contributed by atoms with van der Waals surface area (Å²) in [4.78, 5) is 56.4. The number of β-amino-alcohol motifs (C(OH)–C–C–N with tert-alkyl or cyclic N) is 1. The lowest BCUT2D eigenvalue weighted by atomic mass is 9.92. The number of aliphatic hydroxyl groups excluding tert-OH is 1. The van der Waals surface area contributed by atoms with Crippen LogP contribution in [0.4, 0.5) is 0 Å². The quantitative estimate of drug-likeness (QED) is 0.0204. The highest BCUT2D eigenvalue weighted by molar-refractivity contribution is 7.13. The third kappa shape index (κ3) is 24.6. The number of thiazole rings is 1. The Morgan fingerprint density at radius 1 is 0.841 bits per heavy atom. The Morgan fingerprint density at radius 2 is 1.52 bits per heavy atom. The van der Waals surface area contributed by atoms with Crippen LogP contribution in [0.15, 0.2) is 78.1 Å². The summed E-state index contributed by atoms with van der Waals surface area (Å²) in [7, 11) is 2.15. The molecule has 21 nitrogen and oxygen atoms in total. The standard InChI is InChI=1S/C38H58N6O9.C12H12N2OS.C10H19NO2/c1-3-37(46)43-11-14-51-38-32(24-43)21-31(22-35(38)53-26-29-5-4-10-42(2)23-29)30-6-8-34(9-7-30)52-27-33(39)25-44(41)12-13-47-15-16-48-17-18-49-19-20-50-28-36(40)45;1-9-12(16-8-14-9)11-4-2-10(3-5-11)6-13-7-15;1-10(2,3)6-9(13)11-5-4-8(12)7-11/h6-9,21-22,25,29H,3-5,10-20,23-24,26-28,39,41H2,1-2H3,(H2,40,45);2-5,7-8H,6H2,1H3,(H,13,15);8,12H,4-7H2,1-3H3/b33-25-;;. The smallest absolute Gasteiger partial charge is 0.243 e. The molecule has 0 bridgehead atoms. The fourth-order valence-electron chi connectivity index (χ4n) is 9.08. The number of hydrazine groups is 1. The van der Waals surface area contributed by atoms with Crippen molar-refractivity contribution in [3.8, 4) is 38.8 Å². The number of aryl methyl sites for hydroxylation is 1. The SMILES string of the molecule is CC(C)(C)CC(=O)N1CCC(O)C1.CCC(=O)N1CCOc2c(cc(-c3ccc(OC/C(N)=C/N(N)CCOCCOCCOCCOCC(N)=O)cc3)cc2OCC2CCCN(C)C2)C1.Cc1ncsc1-c1ccc(CNC=O)cc1. The second kappa shape index (κ2) is 35.6. The lowest BCUT2D eigenvalue weighted by Crippen LogP contribution is -2.34. The molecule has 0 saturated carbocycles. The second-order valence-corrected chi connectivity index (χ2v) is 22.5. The van der Waals surface area contributed by atoms with Crippen molar-refractivity contribution in [2.75, 3.05) is 119 Å². The van der Waals surface area contributed by atoms with Gasteiger partial charge in [-0.15, -0.1) is 11.3 Å². The van der Waals surface area contributed by atoms with Gasteiger partial charge < -0.3 is 74.8 Å². The predicted octanol–water partition coefficient (Wildman–Crippen LogP) is 5.49. The number of fused-ring (bicyclic) bond motifs is 1. The van der Waals surface area contributed by atoms with Crippen LogP contribution in [0, 0.1) is 18.3 Å². The summed E-state index contributed by atoms with van der Waals surface area (Å²) < 4.78 is 40.0. The third-order valence-corrected chi connectivity index (χ3v) is 14.3. The molecule has 22 heteroatoms. The maximum atomic E-state index is 12.7. The van der Waals surface area contributed by atoms with E-state index in [9.17, 15) is 24.3 Å². The zero-order valence-corrected chi connectivity index (χ0v) is 49.8. The molecular weight excluding hydrogens is 1070 g/mol. The Labute approximate surface area is 488 Å². The number of rotatable bonds is 28. The van der Waals surface area contributed by atoms with E-state index < -0.39 is 5.91 Å². The molecule has 3 aromatic carbocycles. The summed E-state index contributed by atoms with van der Waals surface area (Å²) in [5.41, 5.74) is 19.8. The molecule has 4 aromatic rings. The fraction of sp³-hybridized carbons (Fsp3) is 0.550. The van der Waals surface area contributed by atoms with E-state index in [1.165, 1.54) is 21.9 Å². The first kappa shape index (κ1) is 66.4. The van der Waals surface area contributed by atoms with Crippen molar-refractivity contribution in [3.63, 3.8) is 0 Å². The van der Waals surface area contributed by atoms with Crippen molar-refractivity contribution in [2.24, 2.45) is 28.6 Å². The molecule has 3 aliphatic heterocycles. The molecule has 3 aliphatic rings. The number of hydrogen-bond donors (Lipinski definition) is 5. The lowest BCUT2D eigenvalue weighted by molar-refractivity contribution is -0.132. The van der Waals surface area contributed by atoms with Gasteiger partial charge in [-0.3, -0.25) is 19.2 Å². The summed E-state index contributed by atoms with van der Waals surface area (Å²) in [6.07, 6.45) is 6.08.